The van der Waals surface area contributed by atoms with Crippen molar-refractivity contribution in [1.82, 2.24) is 0 Å². The van der Waals surface area contributed by atoms with E-state index in [1.54, 1.807) is 12.1 Å². The van der Waals surface area contributed by atoms with Gasteiger partial charge in [-0.25, -0.2) is 0 Å². The smallest absolute Gasteiger partial charge is 0.329 e. The maximum atomic E-state index is 8.98. The van der Waals surface area contributed by atoms with Gasteiger partial charge in [0.15, 0.2) is 0 Å². The lowest BCUT2D eigenvalue weighted by Crippen LogP contribution is -2.17. The quantitative estimate of drug-likeness (QED) is 0.269. The van der Waals surface area contributed by atoms with E-state index in [2.05, 4.69) is 0 Å². The second-order valence-corrected chi connectivity index (χ2v) is 1.91. The molecule has 0 saturated heterocycles. The Labute approximate surface area is 59.4 Å². The SMILES string of the molecule is Nc1c(O)cccc1[B]O. The minimum absolute atomic E-state index is 0.0113. The van der Waals surface area contributed by atoms with Gasteiger partial charge in [-0.2, -0.15) is 0 Å². The van der Waals surface area contributed by atoms with Crippen LogP contribution in [0.15, 0.2) is 18.2 Å². The maximum Gasteiger partial charge on any atom is 0.329 e. The van der Waals surface area contributed by atoms with Crippen molar-refractivity contribution in [2.24, 2.45) is 0 Å². The summed E-state index contributed by atoms with van der Waals surface area (Å²) in [5.74, 6) is -0.0113. The fourth-order valence-electron chi connectivity index (χ4n) is 0.683. The summed E-state index contributed by atoms with van der Waals surface area (Å²) in [5.41, 5.74) is 5.98. The van der Waals surface area contributed by atoms with Crippen LogP contribution in [0.25, 0.3) is 0 Å². The lowest BCUT2D eigenvalue weighted by Gasteiger charge is -2.01. The predicted molar refractivity (Wildman–Crippen MR) is 40.1 cm³/mol. The van der Waals surface area contributed by atoms with Crippen molar-refractivity contribution >= 4 is 18.6 Å². The highest BCUT2D eigenvalue weighted by atomic mass is 16.3. The molecule has 51 valence electrons. The van der Waals surface area contributed by atoms with Gasteiger partial charge in [-0.3, -0.25) is 0 Å². The van der Waals surface area contributed by atoms with Gasteiger partial charge in [-0.05, 0) is 11.5 Å². The summed E-state index contributed by atoms with van der Waals surface area (Å²) < 4.78 is 0. The zero-order chi connectivity index (χ0) is 7.56. The van der Waals surface area contributed by atoms with Crippen LogP contribution in [0, 0.1) is 0 Å². The van der Waals surface area contributed by atoms with Gasteiger partial charge in [0, 0.05) is 0 Å². The van der Waals surface area contributed by atoms with Gasteiger partial charge in [0.05, 0.1) is 5.69 Å². The van der Waals surface area contributed by atoms with E-state index in [-0.39, 0.29) is 11.4 Å². The average molecular weight is 136 g/mol. The summed E-state index contributed by atoms with van der Waals surface area (Å²) in [6.45, 7) is 0. The topological polar surface area (TPSA) is 66.5 Å². The Balaban J connectivity index is 3.14. The van der Waals surface area contributed by atoms with E-state index in [0.717, 1.165) is 7.48 Å². The van der Waals surface area contributed by atoms with E-state index in [9.17, 15) is 0 Å². The van der Waals surface area contributed by atoms with Crippen molar-refractivity contribution in [3.63, 3.8) is 0 Å². The molecule has 0 aromatic heterocycles. The molecular formula is C6H7BNO2. The van der Waals surface area contributed by atoms with Gasteiger partial charge >= 0.3 is 7.48 Å². The highest BCUT2D eigenvalue weighted by Gasteiger charge is 2.01. The number of para-hydroxylation sites is 1. The largest absolute Gasteiger partial charge is 0.506 e. The monoisotopic (exact) mass is 136 g/mol. The van der Waals surface area contributed by atoms with Crippen LogP contribution in [-0.2, 0) is 0 Å². The summed E-state index contributed by atoms with van der Waals surface area (Å²) >= 11 is 0. The van der Waals surface area contributed by atoms with Crippen molar-refractivity contribution in [3.8, 4) is 5.75 Å². The van der Waals surface area contributed by atoms with Gasteiger partial charge in [0.25, 0.3) is 0 Å². The van der Waals surface area contributed by atoms with E-state index in [0.29, 0.717) is 5.46 Å². The van der Waals surface area contributed by atoms with E-state index < -0.39 is 0 Å². The van der Waals surface area contributed by atoms with E-state index in [1.807, 2.05) is 0 Å². The van der Waals surface area contributed by atoms with Crippen molar-refractivity contribution in [2.45, 2.75) is 0 Å². The van der Waals surface area contributed by atoms with E-state index in [1.165, 1.54) is 6.07 Å². The molecule has 10 heavy (non-hydrogen) atoms. The lowest BCUT2D eigenvalue weighted by atomic mass is 9.87. The normalized spacial score (nSPS) is 9.30. The number of hydrogen-bond acceptors (Lipinski definition) is 3. The first kappa shape index (κ1) is 6.96. The third-order valence-electron chi connectivity index (χ3n) is 1.26. The molecule has 4 N–H and O–H groups in total. The highest BCUT2D eigenvalue weighted by molar-refractivity contribution is 6.48. The van der Waals surface area contributed by atoms with Crippen LogP contribution in [-0.4, -0.2) is 17.6 Å². The first-order chi connectivity index (χ1) is 4.75. The molecule has 1 rings (SSSR count). The van der Waals surface area contributed by atoms with Crippen molar-refractivity contribution in [3.05, 3.63) is 18.2 Å². The first-order valence-electron chi connectivity index (χ1n) is 2.80. The summed E-state index contributed by atoms with van der Waals surface area (Å²) in [4.78, 5) is 0. The maximum absolute atomic E-state index is 8.98. The van der Waals surface area contributed by atoms with Gasteiger partial charge in [-0.1, -0.05) is 12.1 Å². The number of hydrogen-bond donors (Lipinski definition) is 3. The Morgan fingerprint density at radius 3 is 2.60 bits per heavy atom. The second-order valence-electron chi connectivity index (χ2n) is 1.91. The van der Waals surface area contributed by atoms with Crippen LogP contribution >= 0.6 is 0 Å². The van der Waals surface area contributed by atoms with Crippen molar-refractivity contribution in [1.29, 1.82) is 0 Å². The number of phenols is 1. The third kappa shape index (κ3) is 1.06. The van der Waals surface area contributed by atoms with Gasteiger partial charge < -0.3 is 15.9 Å². The standard InChI is InChI=1S/C6H7BNO2/c8-6-4(7-10)2-1-3-5(6)9/h1-3,9-10H,8H2. The van der Waals surface area contributed by atoms with Crippen LogP contribution in [0.5, 0.6) is 5.75 Å². The van der Waals surface area contributed by atoms with Gasteiger partial charge in [-0.15, -0.1) is 0 Å². The average Bonchev–Trinajstić information content (AvgIpc) is 1.95. The molecule has 0 bridgehead atoms. The summed E-state index contributed by atoms with van der Waals surface area (Å²) in [6, 6.07) is 4.67. The molecule has 0 saturated carbocycles. The second kappa shape index (κ2) is 2.62. The predicted octanol–water partition coefficient (Wildman–Crippen LogP) is -0.789. The number of nitrogens with two attached hydrogens (primary N) is 1. The fraction of sp³-hybridized carbons (Fsp3) is 0. The van der Waals surface area contributed by atoms with Crippen molar-refractivity contribution < 1.29 is 10.1 Å². The Kier molecular flexibility index (Phi) is 1.82. The molecule has 1 aromatic rings. The molecule has 0 aliphatic heterocycles. The van der Waals surface area contributed by atoms with Crippen LogP contribution in [0.1, 0.15) is 0 Å². The van der Waals surface area contributed by atoms with Crippen LogP contribution in [0.3, 0.4) is 0 Å². The van der Waals surface area contributed by atoms with Crippen molar-refractivity contribution in [2.75, 3.05) is 5.73 Å². The molecule has 0 heterocycles. The van der Waals surface area contributed by atoms with Gasteiger partial charge in [0.1, 0.15) is 5.75 Å². The Hall–Kier alpha value is -1.16. The van der Waals surface area contributed by atoms with Crippen LogP contribution < -0.4 is 11.2 Å². The zero-order valence-electron chi connectivity index (χ0n) is 5.28. The molecule has 0 amide bonds. The molecule has 1 aromatic carbocycles. The van der Waals surface area contributed by atoms with E-state index >= 15 is 0 Å². The van der Waals surface area contributed by atoms with Crippen LogP contribution in [0.2, 0.25) is 0 Å². The molecule has 1 radical (unpaired) electrons. The number of aromatic hydroxyl groups is 1. The Morgan fingerprint density at radius 1 is 1.40 bits per heavy atom. The molecule has 3 nitrogen and oxygen atoms in total. The third-order valence-corrected chi connectivity index (χ3v) is 1.26. The zero-order valence-corrected chi connectivity index (χ0v) is 5.28. The molecule has 0 unspecified atom stereocenters. The van der Waals surface area contributed by atoms with Gasteiger partial charge in [0.2, 0.25) is 0 Å². The number of phenolic OH excluding ortho intramolecular Hbond substituents is 1. The molecule has 0 spiro atoms. The minimum Gasteiger partial charge on any atom is -0.506 e. The first-order valence-corrected chi connectivity index (χ1v) is 2.80. The number of anilines is 1. The molecular weight excluding hydrogens is 129 g/mol. The number of nitrogen functional groups attached to an aromatic ring is 1. The Bertz CT molecular complexity index is 239. The number of benzene rings is 1. The summed E-state index contributed by atoms with van der Waals surface area (Å²) in [6.07, 6.45) is 0. The molecule has 4 heteroatoms. The highest BCUT2D eigenvalue weighted by Crippen LogP contribution is 2.14. The molecule has 0 aliphatic carbocycles. The fourth-order valence-corrected chi connectivity index (χ4v) is 0.683. The lowest BCUT2D eigenvalue weighted by molar-refractivity contribution is 0.478. The molecule has 0 aliphatic rings. The summed E-state index contributed by atoms with van der Waals surface area (Å²) in [7, 11) is 0.856. The van der Waals surface area contributed by atoms with E-state index in [4.69, 9.17) is 15.9 Å². The molecule has 0 fully saturated rings. The minimum atomic E-state index is -0.0113. The molecule has 0 atom stereocenters. The van der Waals surface area contributed by atoms with Crippen LogP contribution in [0.4, 0.5) is 5.69 Å². The number of rotatable bonds is 1. The Morgan fingerprint density at radius 2 is 2.10 bits per heavy atom. The summed E-state index contributed by atoms with van der Waals surface area (Å²) in [5, 5.41) is 17.5.